The van der Waals surface area contributed by atoms with Crippen molar-refractivity contribution >= 4 is 23.4 Å². The standard InChI is InChI=1S/C18H22ClNS/c1-12(2)14-5-7-15(8-6-14)21-16-9-10-17(13(3)20-4)18(19)11-16/h5-13,20H,1-4H3. The van der Waals surface area contributed by atoms with Crippen molar-refractivity contribution in [2.24, 2.45) is 0 Å². The Kier molecular flexibility index (Phi) is 5.74. The van der Waals surface area contributed by atoms with Crippen molar-refractivity contribution in [3.63, 3.8) is 0 Å². The number of hydrogen-bond acceptors (Lipinski definition) is 2. The largest absolute Gasteiger partial charge is 0.313 e. The minimum atomic E-state index is 0.266. The molecule has 0 aliphatic carbocycles. The molecule has 0 saturated carbocycles. The first-order valence-electron chi connectivity index (χ1n) is 7.25. The SMILES string of the molecule is CNC(C)c1ccc(Sc2ccc(C(C)C)cc2)cc1Cl. The Balaban J connectivity index is 2.14. The highest BCUT2D eigenvalue weighted by Gasteiger charge is 2.09. The third-order valence-corrected chi connectivity index (χ3v) is 4.98. The van der Waals surface area contributed by atoms with Gasteiger partial charge in [0.15, 0.2) is 0 Å². The molecule has 0 radical (unpaired) electrons. The molecular weight excluding hydrogens is 298 g/mol. The van der Waals surface area contributed by atoms with Crippen LogP contribution in [0.15, 0.2) is 52.3 Å². The van der Waals surface area contributed by atoms with Gasteiger partial charge in [0.1, 0.15) is 0 Å². The van der Waals surface area contributed by atoms with E-state index in [1.807, 2.05) is 13.1 Å². The van der Waals surface area contributed by atoms with E-state index in [0.717, 1.165) is 10.6 Å². The van der Waals surface area contributed by atoms with Gasteiger partial charge in [-0.1, -0.05) is 55.4 Å². The minimum absolute atomic E-state index is 0.266. The van der Waals surface area contributed by atoms with E-state index in [-0.39, 0.29) is 6.04 Å². The molecule has 0 amide bonds. The molecule has 0 spiro atoms. The smallest absolute Gasteiger partial charge is 0.0464 e. The Hall–Kier alpha value is -0.960. The molecule has 3 heteroatoms. The molecule has 21 heavy (non-hydrogen) atoms. The lowest BCUT2D eigenvalue weighted by Crippen LogP contribution is -2.12. The van der Waals surface area contributed by atoms with Crippen LogP contribution in [0.3, 0.4) is 0 Å². The van der Waals surface area contributed by atoms with E-state index in [1.165, 1.54) is 15.4 Å². The Morgan fingerprint density at radius 1 is 0.952 bits per heavy atom. The molecule has 0 saturated heterocycles. The van der Waals surface area contributed by atoms with E-state index in [1.54, 1.807) is 11.8 Å². The molecule has 1 unspecified atom stereocenters. The Morgan fingerprint density at radius 2 is 1.57 bits per heavy atom. The molecule has 0 bridgehead atoms. The van der Waals surface area contributed by atoms with Gasteiger partial charge < -0.3 is 5.32 Å². The molecule has 1 nitrogen and oxygen atoms in total. The monoisotopic (exact) mass is 319 g/mol. The summed E-state index contributed by atoms with van der Waals surface area (Å²) in [4.78, 5) is 2.41. The van der Waals surface area contributed by atoms with Crippen LogP contribution in [0.5, 0.6) is 0 Å². The van der Waals surface area contributed by atoms with E-state index in [4.69, 9.17) is 11.6 Å². The zero-order valence-electron chi connectivity index (χ0n) is 13.0. The second-order valence-corrected chi connectivity index (χ2v) is 7.07. The summed E-state index contributed by atoms with van der Waals surface area (Å²) in [6, 6.07) is 15.3. The van der Waals surface area contributed by atoms with Gasteiger partial charge in [-0.05, 0) is 55.3 Å². The van der Waals surface area contributed by atoms with E-state index in [2.05, 4.69) is 62.5 Å². The fourth-order valence-electron chi connectivity index (χ4n) is 2.13. The van der Waals surface area contributed by atoms with Gasteiger partial charge in [-0.25, -0.2) is 0 Å². The summed E-state index contributed by atoms with van der Waals surface area (Å²) in [7, 11) is 1.94. The Labute approximate surface area is 137 Å². The van der Waals surface area contributed by atoms with Crippen LogP contribution in [0.25, 0.3) is 0 Å². The number of rotatable bonds is 5. The summed E-state index contributed by atoms with van der Waals surface area (Å²) in [6.07, 6.45) is 0. The predicted molar refractivity (Wildman–Crippen MR) is 93.6 cm³/mol. The molecule has 0 aliphatic rings. The number of hydrogen-bond donors (Lipinski definition) is 1. The highest BCUT2D eigenvalue weighted by Crippen LogP contribution is 2.33. The van der Waals surface area contributed by atoms with Gasteiger partial charge in [0.25, 0.3) is 0 Å². The van der Waals surface area contributed by atoms with Crippen LogP contribution in [-0.2, 0) is 0 Å². The van der Waals surface area contributed by atoms with Crippen molar-refractivity contribution in [1.29, 1.82) is 0 Å². The maximum atomic E-state index is 6.38. The predicted octanol–water partition coefficient (Wildman–Crippen LogP) is 5.90. The van der Waals surface area contributed by atoms with Crippen LogP contribution in [-0.4, -0.2) is 7.05 Å². The molecule has 2 aromatic carbocycles. The fraction of sp³-hybridized carbons (Fsp3) is 0.333. The Bertz CT molecular complexity index is 593. The molecule has 112 valence electrons. The number of halogens is 1. The summed E-state index contributed by atoms with van der Waals surface area (Å²) in [5.74, 6) is 0.570. The molecule has 2 rings (SSSR count). The second kappa shape index (κ2) is 7.35. The number of benzene rings is 2. The lowest BCUT2D eigenvalue weighted by Gasteiger charge is -2.13. The van der Waals surface area contributed by atoms with Crippen molar-refractivity contribution in [1.82, 2.24) is 5.32 Å². The quantitative estimate of drug-likeness (QED) is 0.736. The maximum Gasteiger partial charge on any atom is 0.0464 e. The molecule has 1 atom stereocenters. The lowest BCUT2D eigenvalue weighted by atomic mass is 10.0. The molecule has 2 aromatic rings. The highest BCUT2D eigenvalue weighted by molar-refractivity contribution is 7.99. The van der Waals surface area contributed by atoms with Crippen LogP contribution in [0.4, 0.5) is 0 Å². The molecule has 0 fully saturated rings. The topological polar surface area (TPSA) is 12.0 Å². The lowest BCUT2D eigenvalue weighted by molar-refractivity contribution is 0.652. The average Bonchev–Trinajstić information content (AvgIpc) is 2.47. The van der Waals surface area contributed by atoms with Crippen LogP contribution >= 0.6 is 23.4 Å². The van der Waals surface area contributed by atoms with Crippen molar-refractivity contribution in [2.75, 3.05) is 7.05 Å². The van der Waals surface area contributed by atoms with E-state index in [9.17, 15) is 0 Å². The van der Waals surface area contributed by atoms with Crippen molar-refractivity contribution < 1.29 is 0 Å². The zero-order valence-corrected chi connectivity index (χ0v) is 14.6. The normalized spacial score (nSPS) is 12.7. The zero-order chi connectivity index (χ0) is 15.4. The summed E-state index contributed by atoms with van der Waals surface area (Å²) < 4.78 is 0. The van der Waals surface area contributed by atoms with Gasteiger partial charge in [-0.3, -0.25) is 0 Å². The van der Waals surface area contributed by atoms with Crippen molar-refractivity contribution in [3.8, 4) is 0 Å². The van der Waals surface area contributed by atoms with Gasteiger partial charge in [0.05, 0.1) is 0 Å². The average molecular weight is 320 g/mol. The first-order chi connectivity index (χ1) is 10.0. The van der Waals surface area contributed by atoms with Gasteiger partial charge in [0, 0.05) is 20.9 Å². The van der Waals surface area contributed by atoms with E-state index >= 15 is 0 Å². The highest BCUT2D eigenvalue weighted by atomic mass is 35.5. The third-order valence-electron chi connectivity index (χ3n) is 3.65. The van der Waals surface area contributed by atoms with Crippen molar-refractivity contribution in [3.05, 3.63) is 58.6 Å². The second-order valence-electron chi connectivity index (χ2n) is 5.52. The molecule has 0 heterocycles. The van der Waals surface area contributed by atoms with Crippen LogP contribution < -0.4 is 5.32 Å². The summed E-state index contributed by atoms with van der Waals surface area (Å²) in [5, 5.41) is 4.04. The van der Waals surface area contributed by atoms with Gasteiger partial charge >= 0.3 is 0 Å². The maximum absolute atomic E-state index is 6.38. The fourth-order valence-corrected chi connectivity index (χ4v) is 3.40. The van der Waals surface area contributed by atoms with Crippen LogP contribution in [0.2, 0.25) is 5.02 Å². The molecule has 0 aliphatic heterocycles. The van der Waals surface area contributed by atoms with Crippen LogP contribution in [0.1, 0.15) is 43.9 Å². The first-order valence-corrected chi connectivity index (χ1v) is 8.45. The molecular formula is C18H22ClNS. The molecule has 1 N–H and O–H groups in total. The van der Waals surface area contributed by atoms with Gasteiger partial charge in [-0.2, -0.15) is 0 Å². The summed E-state index contributed by atoms with van der Waals surface area (Å²) in [6.45, 7) is 6.53. The van der Waals surface area contributed by atoms with E-state index < -0.39 is 0 Å². The third kappa shape index (κ3) is 4.26. The summed E-state index contributed by atoms with van der Waals surface area (Å²) >= 11 is 8.13. The van der Waals surface area contributed by atoms with Gasteiger partial charge in [0.2, 0.25) is 0 Å². The Morgan fingerprint density at radius 3 is 2.10 bits per heavy atom. The van der Waals surface area contributed by atoms with Crippen molar-refractivity contribution in [2.45, 2.75) is 42.5 Å². The molecule has 0 aromatic heterocycles. The summed E-state index contributed by atoms with van der Waals surface area (Å²) in [5.41, 5.74) is 2.51. The van der Waals surface area contributed by atoms with E-state index in [0.29, 0.717) is 5.92 Å². The number of nitrogens with one attached hydrogen (secondary N) is 1. The van der Waals surface area contributed by atoms with Gasteiger partial charge in [-0.15, -0.1) is 0 Å². The van der Waals surface area contributed by atoms with Crippen LogP contribution in [0, 0.1) is 0 Å². The first kappa shape index (κ1) is 16.4. The minimum Gasteiger partial charge on any atom is -0.313 e.